The van der Waals surface area contributed by atoms with E-state index < -0.39 is 0 Å². The first-order chi connectivity index (χ1) is 11.5. The van der Waals surface area contributed by atoms with Gasteiger partial charge in [-0.25, -0.2) is 0 Å². The lowest BCUT2D eigenvalue weighted by Gasteiger charge is -2.28. The molecule has 0 bridgehead atoms. The number of thioether (sulfide) groups is 1. The number of piperidine rings is 1. The molecule has 2 aromatic rings. The Kier molecular flexibility index (Phi) is 5.23. The van der Waals surface area contributed by atoms with Gasteiger partial charge in [0.1, 0.15) is 0 Å². The van der Waals surface area contributed by atoms with Gasteiger partial charge in [0, 0.05) is 18.7 Å². The highest BCUT2D eigenvalue weighted by atomic mass is 32.2. The molecule has 0 N–H and O–H groups in total. The second kappa shape index (κ2) is 7.38. The van der Waals surface area contributed by atoms with Crippen LogP contribution in [0.5, 0.6) is 0 Å². The molecule has 0 spiro atoms. The second-order valence-electron chi connectivity index (χ2n) is 6.32. The molecule has 24 heavy (non-hydrogen) atoms. The maximum Gasteiger partial charge on any atom is 0.277 e. The summed E-state index contributed by atoms with van der Waals surface area (Å²) in [6, 6.07) is 6.07. The van der Waals surface area contributed by atoms with E-state index in [0.29, 0.717) is 11.1 Å². The van der Waals surface area contributed by atoms with E-state index >= 15 is 0 Å². The zero-order valence-corrected chi connectivity index (χ0v) is 15.2. The van der Waals surface area contributed by atoms with Gasteiger partial charge < -0.3 is 9.32 Å². The van der Waals surface area contributed by atoms with Crippen LogP contribution in [0.3, 0.4) is 0 Å². The summed E-state index contributed by atoms with van der Waals surface area (Å²) >= 11 is 1.34. The average molecular weight is 345 g/mol. The van der Waals surface area contributed by atoms with E-state index in [2.05, 4.69) is 24.0 Å². The Morgan fingerprint density at radius 3 is 2.62 bits per heavy atom. The van der Waals surface area contributed by atoms with Gasteiger partial charge in [-0.2, -0.15) is 0 Å². The lowest BCUT2D eigenvalue weighted by Crippen LogP contribution is -2.40. The number of carbonyl (C=O) groups excluding carboxylic acids is 1. The van der Waals surface area contributed by atoms with Crippen molar-refractivity contribution in [3.63, 3.8) is 0 Å². The minimum atomic E-state index is -0.212. The molecule has 1 aliphatic rings. The molecule has 0 saturated carbocycles. The fourth-order valence-corrected chi connectivity index (χ4v) is 3.59. The van der Waals surface area contributed by atoms with E-state index in [1.807, 2.05) is 30.0 Å². The molecule has 1 aromatic heterocycles. The van der Waals surface area contributed by atoms with Gasteiger partial charge in [-0.1, -0.05) is 17.8 Å². The second-order valence-corrected chi connectivity index (χ2v) is 7.61. The number of likely N-dealkylation sites (tertiary alicyclic amines) is 1. The SMILES string of the molecule is Cc1ccc(-c2nnc(S[C@H](C)C(=O)N3CCCCC3)o2)cc1C. The van der Waals surface area contributed by atoms with Crippen molar-refractivity contribution in [2.24, 2.45) is 0 Å². The predicted octanol–water partition coefficient (Wildman–Crippen LogP) is 3.85. The molecule has 0 aliphatic carbocycles. The molecule has 0 unspecified atom stereocenters. The zero-order valence-electron chi connectivity index (χ0n) is 14.4. The van der Waals surface area contributed by atoms with Gasteiger partial charge in [0.15, 0.2) is 0 Å². The molecule has 1 fully saturated rings. The number of aromatic nitrogens is 2. The molecule has 1 saturated heterocycles. The Hall–Kier alpha value is -1.82. The van der Waals surface area contributed by atoms with Gasteiger partial charge in [0.2, 0.25) is 11.8 Å². The minimum Gasteiger partial charge on any atom is -0.411 e. The Balaban J connectivity index is 1.66. The number of aryl methyl sites for hydroxylation is 2. The van der Waals surface area contributed by atoms with Crippen LogP contribution < -0.4 is 0 Å². The zero-order chi connectivity index (χ0) is 17.1. The summed E-state index contributed by atoms with van der Waals surface area (Å²) in [7, 11) is 0. The lowest BCUT2D eigenvalue weighted by atomic mass is 10.1. The molecule has 5 nitrogen and oxygen atoms in total. The van der Waals surface area contributed by atoms with E-state index in [0.717, 1.165) is 31.5 Å². The predicted molar refractivity (Wildman–Crippen MR) is 95.0 cm³/mol. The van der Waals surface area contributed by atoms with Gasteiger partial charge in [-0.3, -0.25) is 4.79 Å². The van der Waals surface area contributed by atoms with Gasteiger partial charge in [-0.15, -0.1) is 10.2 Å². The molecule has 0 radical (unpaired) electrons. The highest BCUT2D eigenvalue weighted by Crippen LogP contribution is 2.28. The fraction of sp³-hybridized carbons (Fsp3) is 0.500. The Morgan fingerprint density at radius 2 is 1.92 bits per heavy atom. The number of hydrogen-bond donors (Lipinski definition) is 0. The van der Waals surface area contributed by atoms with Crippen LogP contribution in [-0.2, 0) is 4.79 Å². The van der Waals surface area contributed by atoms with Crippen LogP contribution in [0.4, 0.5) is 0 Å². The molecular weight excluding hydrogens is 322 g/mol. The third-order valence-electron chi connectivity index (χ3n) is 4.45. The van der Waals surface area contributed by atoms with Crippen molar-refractivity contribution in [1.82, 2.24) is 15.1 Å². The first-order valence-electron chi connectivity index (χ1n) is 8.41. The Morgan fingerprint density at radius 1 is 1.17 bits per heavy atom. The Bertz CT molecular complexity index is 723. The van der Waals surface area contributed by atoms with E-state index in [1.165, 1.54) is 29.3 Å². The molecule has 1 amide bonds. The molecule has 1 aromatic carbocycles. The van der Waals surface area contributed by atoms with Crippen molar-refractivity contribution in [2.45, 2.75) is 50.5 Å². The molecule has 1 atom stereocenters. The van der Waals surface area contributed by atoms with E-state index in [9.17, 15) is 4.79 Å². The fourth-order valence-electron chi connectivity index (χ4n) is 2.82. The number of amides is 1. The van der Waals surface area contributed by atoms with Crippen LogP contribution in [-0.4, -0.2) is 39.3 Å². The number of rotatable bonds is 4. The third kappa shape index (κ3) is 3.80. The summed E-state index contributed by atoms with van der Waals surface area (Å²) in [6.07, 6.45) is 3.41. The normalized spacial score (nSPS) is 16.2. The van der Waals surface area contributed by atoms with Gasteiger partial charge in [-0.05, 0) is 63.3 Å². The average Bonchev–Trinajstić information content (AvgIpc) is 3.06. The molecule has 2 heterocycles. The summed E-state index contributed by atoms with van der Waals surface area (Å²) in [5.41, 5.74) is 3.33. The van der Waals surface area contributed by atoms with Crippen LogP contribution in [0.25, 0.3) is 11.5 Å². The monoisotopic (exact) mass is 345 g/mol. The van der Waals surface area contributed by atoms with Crippen LogP contribution in [0.1, 0.15) is 37.3 Å². The van der Waals surface area contributed by atoms with E-state index in [4.69, 9.17) is 4.42 Å². The summed E-state index contributed by atoms with van der Waals surface area (Å²) in [6.45, 7) is 7.76. The first-order valence-corrected chi connectivity index (χ1v) is 9.29. The topological polar surface area (TPSA) is 59.2 Å². The van der Waals surface area contributed by atoms with Crippen LogP contribution >= 0.6 is 11.8 Å². The number of nitrogens with zero attached hydrogens (tertiary/aromatic N) is 3. The van der Waals surface area contributed by atoms with Gasteiger partial charge in [0.25, 0.3) is 5.22 Å². The van der Waals surface area contributed by atoms with E-state index in [-0.39, 0.29) is 11.2 Å². The van der Waals surface area contributed by atoms with Crippen LogP contribution in [0, 0.1) is 13.8 Å². The van der Waals surface area contributed by atoms with Crippen molar-refractivity contribution >= 4 is 17.7 Å². The van der Waals surface area contributed by atoms with Crippen molar-refractivity contribution in [2.75, 3.05) is 13.1 Å². The van der Waals surface area contributed by atoms with Crippen molar-refractivity contribution < 1.29 is 9.21 Å². The number of benzene rings is 1. The summed E-state index contributed by atoms with van der Waals surface area (Å²) in [5, 5.41) is 8.44. The quantitative estimate of drug-likeness (QED) is 0.788. The molecular formula is C18H23N3O2S. The van der Waals surface area contributed by atoms with Crippen LogP contribution in [0.2, 0.25) is 0 Å². The molecule has 3 rings (SSSR count). The van der Waals surface area contributed by atoms with Gasteiger partial charge >= 0.3 is 0 Å². The van der Waals surface area contributed by atoms with E-state index in [1.54, 1.807) is 0 Å². The molecule has 1 aliphatic heterocycles. The lowest BCUT2D eigenvalue weighted by molar-refractivity contribution is -0.131. The van der Waals surface area contributed by atoms with Gasteiger partial charge in [0.05, 0.1) is 5.25 Å². The van der Waals surface area contributed by atoms with Crippen molar-refractivity contribution in [3.05, 3.63) is 29.3 Å². The summed E-state index contributed by atoms with van der Waals surface area (Å²) in [4.78, 5) is 14.4. The minimum absolute atomic E-state index is 0.158. The summed E-state index contributed by atoms with van der Waals surface area (Å²) in [5.74, 6) is 0.656. The molecule has 6 heteroatoms. The number of carbonyl (C=O) groups is 1. The smallest absolute Gasteiger partial charge is 0.277 e. The third-order valence-corrected chi connectivity index (χ3v) is 5.38. The van der Waals surface area contributed by atoms with Crippen LogP contribution in [0.15, 0.2) is 27.8 Å². The largest absolute Gasteiger partial charge is 0.411 e. The standard InChI is InChI=1S/C18H23N3O2S/c1-12-7-8-15(11-13(12)2)16-19-20-18(23-16)24-14(3)17(22)21-9-5-4-6-10-21/h7-8,11,14H,4-6,9-10H2,1-3H3/t14-/m1/s1. The highest BCUT2D eigenvalue weighted by molar-refractivity contribution is 8.00. The van der Waals surface area contributed by atoms with Crippen molar-refractivity contribution in [3.8, 4) is 11.5 Å². The summed E-state index contributed by atoms with van der Waals surface area (Å²) < 4.78 is 5.74. The number of hydrogen-bond acceptors (Lipinski definition) is 5. The Labute approximate surface area is 146 Å². The molecule has 128 valence electrons. The highest BCUT2D eigenvalue weighted by Gasteiger charge is 2.24. The van der Waals surface area contributed by atoms with Crippen molar-refractivity contribution in [1.29, 1.82) is 0 Å². The maximum absolute atomic E-state index is 12.5. The first kappa shape index (κ1) is 17.0. The maximum atomic E-state index is 12.5.